The summed E-state index contributed by atoms with van der Waals surface area (Å²) in [6.07, 6.45) is 2.25. The van der Waals surface area contributed by atoms with Crippen LogP contribution in [-0.4, -0.2) is 32.0 Å². The largest absolute Gasteiger partial charge is 0.381 e. The molecule has 1 fully saturated rings. The summed E-state index contributed by atoms with van der Waals surface area (Å²) in [5.74, 6) is 0.666. The molecule has 1 heterocycles. The molecule has 2 N–H and O–H groups in total. The molecular weight excluding hydrogens is 166 g/mol. The van der Waals surface area contributed by atoms with Gasteiger partial charge in [0.1, 0.15) is 0 Å². The van der Waals surface area contributed by atoms with Crippen LogP contribution in [0.4, 0.5) is 0 Å². The van der Waals surface area contributed by atoms with Gasteiger partial charge in [-0.2, -0.15) is 0 Å². The van der Waals surface area contributed by atoms with Crippen molar-refractivity contribution in [3.8, 4) is 0 Å². The molecule has 1 saturated heterocycles. The van der Waals surface area contributed by atoms with Gasteiger partial charge >= 0.3 is 0 Å². The first-order valence-corrected chi connectivity index (χ1v) is 5.06. The van der Waals surface area contributed by atoms with E-state index in [2.05, 4.69) is 0 Å². The lowest BCUT2D eigenvalue weighted by atomic mass is 10.0. The smallest absolute Gasteiger partial charge is 0.0748 e. The van der Waals surface area contributed by atoms with Gasteiger partial charge in [0.2, 0.25) is 0 Å². The van der Waals surface area contributed by atoms with Crippen molar-refractivity contribution in [1.29, 1.82) is 0 Å². The van der Waals surface area contributed by atoms with Crippen LogP contribution in [0.2, 0.25) is 0 Å². The van der Waals surface area contributed by atoms with Gasteiger partial charge in [-0.15, -0.1) is 0 Å². The van der Waals surface area contributed by atoms with Gasteiger partial charge < -0.3 is 15.2 Å². The number of ether oxygens (including phenoxy) is 2. The summed E-state index contributed by atoms with van der Waals surface area (Å²) in [4.78, 5) is 0. The maximum Gasteiger partial charge on any atom is 0.0748 e. The highest BCUT2D eigenvalue weighted by molar-refractivity contribution is 4.71. The second-order valence-electron chi connectivity index (χ2n) is 4.33. The van der Waals surface area contributed by atoms with Crippen LogP contribution in [0.25, 0.3) is 0 Å². The Kier molecular flexibility index (Phi) is 4.16. The lowest BCUT2D eigenvalue weighted by Crippen LogP contribution is -2.36. The van der Waals surface area contributed by atoms with E-state index in [-0.39, 0.29) is 5.60 Å². The third kappa shape index (κ3) is 4.07. The lowest BCUT2D eigenvalue weighted by molar-refractivity contribution is -0.0500. The average molecular weight is 187 g/mol. The fraction of sp³-hybridized carbons (Fsp3) is 1.00. The normalized spacial score (nSPS) is 20.5. The van der Waals surface area contributed by atoms with Crippen LogP contribution in [0.15, 0.2) is 0 Å². The van der Waals surface area contributed by atoms with Crippen molar-refractivity contribution in [3.63, 3.8) is 0 Å². The highest BCUT2D eigenvalue weighted by Crippen LogP contribution is 2.17. The number of hydrogen-bond acceptors (Lipinski definition) is 3. The van der Waals surface area contributed by atoms with Crippen molar-refractivity contribution in [3.05, 3.63) is 0 Å². The molecule has 0 atom stereocenters. The maximum absolute atomic E-state index is 5.74. The third-order valence-electron chi connectivity index (χ3n) is 2.54. The van der Waals surface area contributed by atoms with Crippen LogP contribution in [0, 0.1) is 5.92 Å². The molecule has 0 saturated carbocycles. The van der Waals surface area contributed by atoms with E-state index in [1.165, 1.54) is 0 Å². The fourth-order valence-electron chi connectivity index (χ4n) is 1.32. The molecule has 0 bridgehead atoms. The van der Waals surface area contributed by atoms with E-state index in [0.29, 0.717) is 12.5 Å². The molecule has 1 rings (SSSR count). The molecule has 78 valence electrons. The second kappa shape index (κ2) is 4.94. The molecule has 0 amide bonds. The summed E-state index contributed by atoms with van der Waals surface area (Å²) in [7, 11) is 0. The zero-order valence-corrected chi connectivity index (χ0v) is 8.71. The van der Waals surface area contributed by atoms with Crippen LogP contribution in [-0.2, 0) is 9.47 Å². The Bertz CT molecular complexity index is 142. The third-order valence-corrected chi connectivity index (χ3v) is 2.54. The molecule has 0 radical (unpaired) electrons. The molecule has 0 unspecified atom stereocenters. The van der Waals surface area contributed by atoms with E-state index in [4.69, 9.17) is 15.2 Å². The molecule has 0 aromatic rings. The van der Waals surface area contributed by atoms with E-state index in [1.807, 2.05) is 13.8 Å². The Morgan fingerprint density at radius 2 is 2.00 bits per heavy atom. The Balaban J connectivity index is 2.17. The van der Waals surface area contributed by atoms with Gasteiger partial charge in [-0.05, 0) is 32.6 Å². The molecule has 13 heavy (non-hydrogen) atoms. The molecule has 0 aromatic heterocycles. The Labute approximate surface area is 80.6 Å². The molecule has 1 aliphatic rings. The predicted molar refractivity (Wildman–Crippen MR) is 52.6 cm³/mol. The minimum absolute atomic E-state index is 0.168. The molecule has 1 aliphatic heterocycles. The van der Waals surface area contributed by atoms with Crippen molar-refractivity contribution in [2.75, 3.05) is 26.4 Å². The molecule has 0 aliphatic carbocycles. The second-order valence-corrected chi connectivity index (χ2v) is 4.33. The monoisotopic (exact) mass is 187 g/mol. The first-order valence-electron chi connectivity index (χ1n) is 5.06. The van der Waals surface area contributed by atoms with E-state index < -0.39 is 0 Å². The zero-order chi connectivity index (χ0) is 9.73. The van der Waals surface area contributed by atoms with Crippen molar-refractivity contribution < 1.29 is 9.47 Å². The average Bonchev–Trinajstić information content (AvgIpc) is 2.17. The standard InChI is InChI=1S/C10H21NO2/c1-10(2,8-11)13-7-9-3-5-12-6-4-9/h9H,3-8,11H2,1-2H3. The summed E-state index contributed by atoms with van der Waals surface area (Å²) in [5, 5.41) is 0. The minimum atomic E-state index is -0.168. The van der Waals surface area contributed by atoms with Gasteiger partial charge in [-0.25, -0.2) is 0 Å². The van der Waals surface area contributed by atoms with Crippen LogP contribution in [0.1, 0.15) is 26.7 Å². The number of rotatable bonds is 4. The highest BCUT2D eigenvalue weighted by Gasteiger charge is 2.20. The number of nitrogens with two attached hydrogens (primary N) is 1. The lowest BCUT2D eigenvalue weighted by Gasteiger charge is -2.28. The first-order chi connectivity index (χ1) is 6.14. The van der Waals surface area contributed by atoms with Gasteiger partial charge in [0.15, 0.2) is 0 Å². The number of hydrogen-bond donors (Lipinski definition) is 1. The Morgan fingerprint density at radius 3 is 2.54 bits per heavy atom. The highest BCUT2D eigenvalue weighted by atomic mass is 16.5. The Hall–Kier alpha value is -0.120. The SMILES string of the molecule is CC(C)(CN)OCC1CCOCC1. The van der Waals surface area contributed by atoms with Crippen molar-refractivity contribution in [2.24, 2.45) is 11.7 Å². The van der Waals surface area contributed by atoms with Crippen molar-refractivity contribution in [2.45, 2.75) is 32.3 Å². The molecule has 0 spiro atoms. The molecule has 3 heteroatoms. The van der Waals surface area contributed by atoms with Crippen LogP contribution in [0.3, 0.4) is 0 Å². The topological polar surface area (TPSA) is 44.5 Å². The van der Waals surface area contributed by atoms with Crippen LogP contribution < -0.4 is 5.73 Å². The summed E-state index contributed by atoms with van der Waals surface area (Å²) < 4.78 is 11.0. The summed E-state index contributed by atoms with van der Waals surface area (Å²) in [6, 6.07) is 0. The quantitative estimate of drug-likeness (QED) is 0.718. The predicted octanol–water partition coefficient (Wildman–Crippen LogP) is 1.17. The first kappa shape index (κ1) is 11.0. The summed E-state index contributed by atoms with van der Waals surface area (Å²) in [5.41, 5.74) is 5.40. The van der Waals surface area contributed by atoms with Crippen LogP contribution in [0.5, 0.6) is 0 Å². The van der Waals surface area contributed by atoms with E-state index in [0.717, 1.165) is 32.7 Å². The molecule has 3 nitrogen and oxygen atoms in total. The van der Waals surface area contributed by atoms with E-state index in [9.17, 15) is 0 Å². The fourth-order valence-corrected chi connectivity index (χ4v) is 1.32. The van der Waals surface area contributed by atoms with Gasteiger partial charge in [0, 0.05) is 19.8 Å². The summed E-state index contributed by atoms with van der Waals surface area (Å²) in [6.45, 7) is 7.25. The van der Waals surface area contributed by atoms with Gasteiger partial charge in [0.05, 0.1) is 12.2 Å². The van der Waals surface area contributed by atoms with E-state index in [1.54, 1.807) is 0 Å². The zero-order valence-electron chi connectivity index (χ0n) is 8.71. The summed E-state index contributed by atoms with van der Waals surface area (Å²) >= 11 is 0. The maximum atomic E-state index is 5.74. The Morgan fingerprint density at radius 1 is 1.38 bits per heavy atom. The van der Waals surface area contributed by atoms with Gasteiger partial charge in [0.25, 0.3) is 0 Å². The van der Waals surface area contributed by atoms with Crippen molar-refractivity contribution in [1.82, 2.24) is 0 Å². The minimum Gasteiger partial charge on any atom is -0.381 e. The van der Waals surface area contributed by atoms with Crippen LogP contribution >= 0.6 is 0 Å². The van der Waals surface area contributed by atoms with Crippen molar-refractivity contribution >= 4 is 0 Å². The van der Waals surface area contributed by atoms with E-state index >= 15 is 0 Å². The molecule has 0 aromatic carbocycles. The van der Waals surface area contributed by atoms with Gasteiger partial charge in [-0.3, -0.25) is 0 Å². The molecular formula is C10H21NO2. The van der Waals surface area contributed by atoms with Gasteiger partial charge in [-0.1, -0.05) is 0 Å².